The maximum Gasteiger partial charge on any atom is 0.273 e. The van der Waals surface area contributed by atoms with Crippen LogP contribution in [0, 0.1) is 0 Å². The summed E-state index contributed by atoms with van der Waals surface area (Å²) in [4.78, 5) is 18.3. The third kappa shape index (κ3) is 2.30. The van der Waals surface area contributed by atoms with E-state index in [9.17, 15) is 4.79 Å². The first kappa shape index (κ1) is 13.7. The monoisotopic (exact) mass is 313 g/mol. The van der Waals surface area contributed by atoms with Crippen molar-refractivity contribution in [2.75, 3.05) is 31.6 Å². The number of nitrogens with zero attached hydrogens (tertiary/aromatic N) is 5. The summed E-state index contributed by atoms with van der Waals surface area (Å²) in [5, 5.41) is 11.2. The van der Waals surface area contributed by atoms with Crippen LogP contribution >= 0.6 is 0 Å². The van der Waals surface area contributed by atoms with Crippen molar-refractivity contribution >= 4 is 23.4 Å². The number of carbonyl (C=O) groups excluding carboxylic acids is 1. The van der Waals surface area contributed by atoms with E-state index in [0.29, 0.717) is 38.1 Å². The SMILES string of the molecule is NC(=O)c1nnn2c1N=C(N1CCOCC1)Nc1ccccc1-2. The zero-order valence-electron chi connectivity index (χ0n) is 12.3. The highest BCUT2D eigenvalue weighted by Gasteiger charge is 2.26. The van der Waals surface area contributed by atoms with Crippen molar-refractivity contribution in [2.45, 2.75) is 0 Å². The topological polar surface area (TPSA) is 111 Å². The van der Waals surface area contributed by atoms with Gasteiger partial charge in [-0.05, 0) is 12.1 Å². The summed E-state index contributed by atoms with van der Waals surface area (Å²) < 4.78 is 6.90. The molecule has 1 aromatic carbocycles. The van der Waals surface area contributed by atoms with Crippen molar-refractivity contribution in [1.29, 1.82) is 0 Å². The van der Waals surface area contributed by atoms with Gasteiger partial charge in [-0.2, -0.15) is 9.67 Å². The number of hydrogen-bond donors (Lipinski definition) is 2. The van der Waals surface area contributed by atoms with Crippen molar-refractivity contribution in [3.63, 3.8) is 0 Å². The normalized spacial score (nSPS) is 16.7. The van der Waals surface area contributed by atoms with Crippen LogP contribution in [0.4, 0.5) is 11.5 Å². The fourth-order valence-electron chi connectivity index (χ4n) is 2.64. The summed E-state index contributed by atoms with van der Waals surface area (Å²) in [7, 11) is 0. The molecular weight excluding hydrogens is 298 g/mol. The number of guanidine groups is 1. The van der Waals surface area contributed by atoms with E-state index in [2.05, 4.69) is 25.5 Å². The highest BCUT2D eigenvalue weighted by atomic mass is 16.5. The van der Waals surface area contributed by atoms with Crippen molar-refractivity contribution < 1.29 is 9.53 Å². The van der Waals surface area contributed by atoms with Gasteiger partial charge in [-0.1, -0.05) is 17.3 Å². The van der Waals surface area contributed by atoms with Gasteiger partial charge in [-0.15, -0.1) is 5.10 Å². The van der Waals surface area contributed by atoms with Crippen LogP contribution in [0.5, 0.6) is 0 Å². The number of primary amides is 1. The Morgan fingerprint density at radius 1 is 1.26 bits per heavy atom. The predicted octanol–water partition coefficient (Wildman–Crippen LogP) is 0.111. The van der Waals surface area contributed by atoms with Gasteiger partial charge in [0.05, 0.1) is 24.6 Å². The number of anilines is 1. The Balaban J connectivity index is 1.88. The lowest BCUT2D eigenvalue weighted by Gasteiger charge is -2.29. The van der Waals surface area contributed by atoms with E-state index in [1.54, 1.807) is 0 Å². The number of benzene rings is 1. The minimum Gasteiger partial charge on any atom is -0.378 e. The summed E-state index contributed by atoms with van der Waals surface area (Å²) in [5.41, 5.74) is 7.04. The Kier molecular flexibility index (Phi) is 3.19. The molecule has 4 rings (SSSR count). The minimum absolute atomic E-state index is 0.0502. The van der Waals surface area contributed by atoms with Crippen LogP contribution in [0.15, 0.2) is 29.3 Å². The molecule has 2 aliphatic heterocycles. The Hall–Kier alpha value is -2.94. The molecule has 1 amide bonds. The lowest BCUT2D eigenvalue weighted by atomic mass is 10.2. The summed E-state index contributed by atoms with van der Waals surface area (Å²) >= 11 is 0. The molecule has 1 aromatic heterocycles. The highest BCUT2D eigenvalue weighted by molar-refractivity contribution is 6.02. The number of carbonyl (C=O) groups is 1. The van der Waals surface area contributed by atoms with Gasteiger partial charge in [-0.25, -0.2) is 0 Å². The van der Waals surface area contributed by atoms with Gasteiger partial charge in [0.25, 0.3) is 5.91 Å². The smallest absolute Gasteiger partial charge is 0.273 e. The van der Waals surface area contributed by atoms with Crippen LogP contribution < -0.4 is 11.1 Å². The van der Waals surface area contributed by atoms with E-state index in [-0.39, 0.29) is 5.69 Å². The highest BCUT2D eigenvalue weighted by Crippen LogP contribution is 2.30. The summed E-state index contributed by atoms with van der Waals surface area (Å²) in [5.74, 6) is 0.302. The van der Waals surface area contributed by atoms with Gasteiger partial charge >= 0.3 is 0 Å². The molecule has 1 saturated heterocycles. The zero-order chi connectivity index (χ0) is 15.8. The van der Waals surface area contributed by atoms with Gasteiger partial charge in [0.2, 0.25) is 5.96 Å². The molecule has 0 unspecified atom stereocenters. The molecule has 0 aliphatic carbocycles. The molecule has 2 aromatic rings. The average molecular weight is 313 g/mol. The average Bonchev–Trinajstić information content (AvgIpc) is 2.92. The molecule has 1 fully saturated rings. The number of nitrogens with one attached hydrogen (secondary N) is 1. The maximum atomic E-state index is 11.6. The van der Waals surface area contributed by atoms with Gasteiger partial charge in [0, 0.05) is 13.1 Å². The molecule has 9 heteroatoms. The molecule has 0 saturated carbocycles. The summed E-state index contributed by atoms with van der Waals surface area (Å²) in [6.07, 6.45) is 0. The number of hydrogen-bond acceptors (Lipinski definition) is 7. The molecule has 0 bridgehead atoms. The molecule has 3 N–H and O–H groups in total. The van der Waals surface area contributed by atoms with Crippen LogP contribution in [0.2, 0.25) is 0 Å². The van der Waals surface area contributed by atoms with E-state index < -0.39 is 5.91 Å². The lowest BCUT2D eigenvalue weighted by molar-refractivity contribution is 0.0680. The molecule has 0 spiro atoms. The number of amides is 1. The van der Waals surface area contributed by atoms with Crippen LogP contribution in [0.25, 0.3) is 5.69 Å². The van der Waals surface area contributed by atoms with E-state index in [4.69, 9.17) is 10.5 Å². The first-order chi connectivity index (χ1) is 11.2. The number of aromatic nitrogens is 3. The third-order valence-electron chi connectivity index (χ3n) is 3.78. The molecule has 3 heterocycles. The number of para-hydroxylation sites is 2. The number of morpholine rings is 1. The largest absolute Gasteiger partial charge is 0.378 e. The van der Waals surface area contributed by atoms with E-state index in [1.807, 2.05) is 24.3 Å². The van der Waals surface area contributed by atoms with Gasteiger partial charge < -0.3 is 20.7 Å². The second-order valence-electron chi connectivity index (χ2n) is 5.21. The van der Waals surface area contributed by atoms with Crippen LogP contribution in [-0.2, 0) is 4.74 Å². The summed E-state index contributed by atoms with van der Waals surface area (Å²) in [6, 6.07) is 7.60. The fourth-order valence-corrected chi connectivity index (χ4v) is 2.64. The van der Waals surface area contributed by atoms with Crippen LogP contribution in [-0.4, -0.2) is 58.1 Å². The van der Waals surface area contributed by atoms with E-state index in [1.165, 1.54) is 4.68 Å². The van der Waals surface area contributed by atoms with E-state index in [0.717, 1.165) is 11.4 Å². The van der Waals surface area contributed by atoms with Crippen molar-refractivity contribution in [3.8, 4) is 5.69 Å². The second-order valence-corrected chi connectivity index (χ2v) is 5.21. The number of aliphatic imine (C=N–C) groups is 1. The Morgan fingerprint density at radius 3 is 2.83 bits per heavy atom. The first-order valence-corrected chi connectivity index (χ1v) is 7.27. The Morgan fingerprint density at radius 2 is 2.04 bits per heavy atom. The molecule has 0 radical (unpaired) electrons. The summed E-state index contributed by atoms with van der Waals surface area (Å²) in [6.45, 7) is 2.67. The first-order valence-electron chi connectivity index (χ1n) is 7.27. The molecule has 0 atom stereocenters. The number of ether oxygens (including phenoxy) is 1. The second kappa shape index (κ2) is 5.36. The number of rotatable bonds is 1. The van der Waals surface area contributed by atoms with Crippen molar-refractivity contribution in [2.24, 2.45) is 10.7 Å². The maximum absolute atomic E-state index is 11.6. The molecule has 2 aliphatic rings. The molecule has 23 heavy (non-hydrogen) atoms. The molecular formula is C14H15N7O2. The Bertz CT molecular complexity index is 792. The predicted molar refractivity (Wildman–Crippen MR) is 83.0 cm³/mol. The van der Waals surface area contributed by atoms with E-state index >= 15 is 0 Å². The number of nitrogens with two attached hydrogens (primary N) is 1. The van der Waals surface area contributed by atoms with Gasteiger partial charge in [-0.3, -0.25) is 4.79 Å². The van der Waals surface area contributed by atoms with Crippen LogP contribution in [0.1, 0.15) is 10.5 Å². The van der Waals surface area contributed by atoms with Crippen LogP contribution in [0.3, 0.4) is 0 Å². The lowest BCUT2D eigenvalue weighted by Crippen LogP contribution is -2.43. The third-order valence-corrected chi connectivity index (χ3v) is 3.78. The van der Waals surface area contributed by atoms with Gasteiger partial charge in [0.1, 0.15) is 0 Å². The zero-order valence-corrected chi connectivity index (χ0v) is 12.3. The molecule has 118 valence electrons. The minimum atomic E-state index is -0.657. The van der Waals surface area contributed by atoms with Crippen molar-refractivity contribution in [3.05, 3.63) is 30.0 Å². The quantitative estimate of drug-likeness (QED) is 0.773. The standard InChI is InChI=1S/C14H15N7O2/c15-12(22)11-13-17-14(20-5-7-23-8-6-20)16-9-3-1-2-4-10(9)21(13)19-18-11/h1-4H,5-8H2,(H2,15,22)(H,16,17). The Labute approximate surface area is 131 Å². The molecule has 9 nitrogen and oxygen atoms in total. The van der Waals surface area contributed by atoms with Crippen molar-refractivity contribution in [1.82, 2.24) is 19.9 Å². The number of fused-ring (bicyclic) bond motifs is 3. The fraction of sp³-hybridized carbons (Fsp3) is 0.286. The van der Waals surface area contributed by atoms with Gasteiger partial charge in [0.15, 0.2) is 11.5 Å².